The molecule has 0 aliphatic carbocycles. The normalized spacial score (nSPS) is 11.6. The zero-order valence-corrected chi connectivity index (χ0v) is 14.8. The third kappa shape index (κ3) is 4.16. The molecule has 0 aliphatic rings. The maximum atomic E-state index is 13.2. The number of hydrogen-bond acceptors (Lipinski definition) is 5. The number of halogens is 4. The number of aromatic nitrogens is 1. The Bertz CT molecular complexity index is 939. The highest BCUT2D eigenvalue weighted by Crippen LogP contribution is 2.38. The van der Waals surface area contributed by atoms with Gasteiger partial charge in [0.25, 0.3) is 0 Å². The quantitative estimate of drug-likeness (QED) is 0.553. The number of para-hydroxylation sites is 2. The van der Waals surface area contributed by atoms with E-state index in [1.165, 1.54) is 11.0 Å². The zero-order chi connectivity index (χ0) is 19.6. The lowest BCUT2D eigenvalue weighted by molar-refractivity contribution is -0.141. The second-order valence-corrected chi connectivity index (χ2v) is 5.92. The number of carbonyl (C=O) groups excluding carboxylic acids is 1. The molecule has 1 aromatic heterocycles. The summed E-state index contributed by atoms with van der Waals surface area (Å²) in [5.74, 6) is -0.636. The van der Waals surface area contributed by atoms with E-state index in [0.717, 1.165) is 12.1 Å². The van der Waals surface area contributed by atoms with E-state index in [-0.39, 0.29) is 24.9 Å². The van der Waals surface area contributed by atoms with Crippen LogP contribution in [0.25, 0.3) is 11.1 Å². The van der Waals surface area contributed by atoms with Crippen LogP contribution in [0.1, 0.15) is 12.5 Å². The van der Waals surface area contributed by atoms with Crippen LogP contribution in [0.4, 0.5) is 24.9 Å². The molecule has 0 spiro atoms. The van der Waals surface area contributed by atoms with Gasteiger partial charge in [-0.25, -0.2) is 0 Å². The first-order valence-corrected chi connectivity index (χ1v) is 8.33. The van der Waals surface area contributed by atoms with Crippen molar-refractivity contribution in [2.75, 3.05) is 18.1 Å². The first kappa shape index (κ1) is 19.0. The van der Waals surface area contributed by atoms with E-state index in [1.54, 1.807) is 31.2 Å². The highest BCUT2D eigenvalue weighted by atomic mass is 35.5. The standard InChI is InChI=1S/C18H14ClF3N2O3/c1-2-26-16(25)10-24(17-23-14-5-3-4-6-15(14)27-17)11-7-8-13(19)12(9-11)18(20,21)22/h3-9H,2,10H2,1H3. The Morgan fingerprint density at radius 1 is 1.26 bits per heavy atom. The highest BCUT2D eigenvalue weighted by molar-refractivity contribution is 6.31. The van der Waals surface area contributed by atoms with E-state index in [1.807, 2.05) is 0 Å². The van der Waals surface area contributed by atoms with Gasteiger partial charge in [0.05, 0.1) is 17.2 Å². The Hall–Kier alpha value is -2.74. The number of fused-ring (bicyclic) bond motifs is 1. The van der Waals surface area contributed by atoms with Crippen LogP contribution in [0, 0.1) is 0 Å². The molecule has 2 aromatic carbocycles. The molecular weight excluding hydrogens is 385 g/mol. The van der Waals surface area contributed by atoms with E-state index in [2.05, 4.69) is 4.98 Å². The second kappa shape index (κ2) is 7.48. The van der Waals surface area contributed by atoms with Gasteiger partial charge in [-0.3, -0.25) is 9.69 Å². The minimum absolute atomic E-state index is 0.0281. The average molecular weight is 399 g/mol. The number of carbonyl (C=O) groups is 1. The van der Waals surface area contributed by atoms with Crippen molar-refractivity contribution in [1.82, 2.24) is 4.98 Å². The summed E-state index contributed by atoms with van der Waals surface area (Å²) in [7, 11) is 0. The Morgan fingerprint density at radius 2 is 2.00 bits per heavy atom. The van der Waals surface area contributed by atoms with E-state index < -0.39 is 22.7 Å². The molecule has 0 radical (unpaired) electrons. The van der Waals surface area contributed by atoms with Gasteiger partial charge in [0, 0.05) is 5.69 Å². The summed E-state index contributed by atoms with van der Waals surface area (Å²) in [6.45, 7) is 1.39. The lowest BCUT2D eigenvalue weighted by Crippen LogP contribution is -2.27. The molecule has 0 amide bonds. The molecule has 0 saturated heterocycles. The minimum atomic E-state index is -4.65. The van der Waals surface area contributed by atoms with Crippen LogP contribution in [0.15, 0.2) is 46.9 Å². The van der Waals surface area contributed by atoms with Gasteiger partial charge < -0.3 is 9.15 Å². The number of ether oxygens (including phenoxy) is 1. The number of rotatable bonds is 5. The highest BCUT2D eigenvalue weighted by Gasteiger charge is 2.34. The van der Waals surface area contributed by atoms with Crippen molar-refractivity contribution in [3.05, 3.63) is 53.1 Å². The minimum Gasteiger partial charge on any atom is -0.465 e. The average Bonchev–Trinajstić information content (AvgIpc) is 3.03. The molecular formula is C18H14ClF3N2O3. The summed E-state index contributed by atoms with van der Waals surface area (Å²) in [5.41, 5.74) is -0.0318. The molecule has 3 aromatic rings. The van der Waals surface area contributed by atoms with Crippen LogP contribution in [-0.4, -0.2) is 24.1 Å². The van der Waals surface area contributed by atoms with Gasteiger partial charge in [-0.2, -0.15) is 18.2 Å². The molecule has 3 rings (SSSR count). The fourth-order valence-corrected chi connectivity index (χ4v) is 2.70. The molecule has 5 nitrogen and oxygen atoms in total. The van der Waals surface area contributed by atoms with E-state index in [0.29, 0.717) is 11.1 Å². The van der Waals surface area contributed by atoms with Crippen LogP contribution in [0.2, 0.25) is 5.02 Å². The molecule has 0 unspecified atom stereocenters. The van der Waals surface area contributed by atoms with Gasteiger partial charge in [0.15, 0.2) is 5.58 Å². The van der Waals surface area contributed by atoms with Crippen LogP contribution in [0.3, 0.4) is 0 Å². The third-order valence-electron chi connectivity index (χ3n) is 3.67. The Morgan fingerprint density at radius 3 is 2.67 bits per heavy atom. The van der Waals surface area contributed by atoms with Crippen molar-refractivity contribution >= 4 is 40.4 Å². The number of oxazole rings is 1. The van der Waals surface area contributed by atoms with Crippen molar-refractivity contribution in [3.63, 3.8) is 0 Å². The summed E-state index contributed by atoms with van der Waals surface area (Å²) in [6, 6.07) is 10.1. The summed E-state index contributed by atoms with van der Waals surface area (Å²) < 4.78 is 50.2. The number of hydrogen-bond donors (Lipinski definition) is 0. The lowest BCUT2D eigenvalue weighted by Gasteiger charge is -2.21. The van der Waals surface area contributed by atoms with Crippen LogP contribution in [-0.2, 0) is 15.7 Å². The number of benzene rings is 2. The first-order chi connectivity index (χ1) is 12.8. The predicted octanol–water partition coefficient (Wildman–Crippen LogP) is 5.20. The number of nitrogens with zero attached hydrogens (tertiary/aromatic N) is 2. The summed E-state index contributed by atoms with van der Waals surface area (Å²) in [5, 5.41) is -0.445. The molecule has 1 heterocycles. The van der Waals surface area contributed by atoms with Crippen molar-refractivity contribution in [3.8, 4) is 0 Å². The van der Waals surface area contributed by atoms with Gasteiger partial charge in [0.1, 0.15) is 12.1 Å². The van der Waals surface area contributed by atoms with E-state index >= 15 is 0 Å². The largest absolute Gasteiger partial charge is 0.465 e. The zero-order valence-electron chi connectivity index (χ0n) is 14.1. The van der Waals surface area contributed by atoms with Crippen LogP contribution in [0.5, 0.6) is 0 Å². The molecule has 0 N–H and O–H groups in total. The summed E-state index contributed by atoms with van der Waals surface area (Å²) >= 11 is 5.68. The van der Waals surface area contributed by atoms with Crippen molar-refractivity contribution in [2.45, 2.75) is 13.1 Å². The Balaban J connectivity index is 2.08. The molecule has 0 saturated carbocycles. The molecule has 0 atom stereocenters. The molecule has 0 fully saturated rings. The van der Waals surface area contributed by atoms with E-state index in [9.17, 15) is 18.0 Å². The smallest absolute Gasteiger partial charge is 0.417 e. The van der Waals surface area contributed by atoms with E-state index in [4.69, 9.17) is 20.8 Å². The molecule has 0 aliphatic heterocycles. The van der Waals surface area contributed by atoms with Gasteiger partial charge in [0.2, 0.25) is 0 Å². The van der Waals surface area contributed by atoms with Gasteiger partial charge in [-0.1, -0.05) is 23.7 Å². The number of anilines is 2. The summed E-state index contributed by atoms with van der Waals surface area (Å²) in [6.07, 6.45) is -4.65. The van der Waals surface area contributed by atoms with Crippen molar-refractivity contribution in [2.24, 2.45) is 0 Å². The third-order valence-corrected chi connectivity index (χ3v) is 4.00. The van der Waals surface area contributed by atoms with Crippen molar-refractivity contribution < 1.29 is 27.1 Å². The maximum Gasteiger partial charge on any atom is 0.417 e. The molecule has 27 heavy (non-hydrogen) atoms. The van der Waals surface area contributed by atoms with Crippen LogP contribution >= 0.6 is 11.6 Å². The fraction of sp³-hybridized carbons (Fsp3) is 0.222. The van der Waals surface area contributed by atoms with Crippen molar-refractivity contribution in [1.29, 1.82) is 0 Å². The number of alkyl halides is 3. The van der Waals surface area contributed by atoms with Gasteiger partial charge >= 0.3 is 18.2 Å². The second-order valence-electron chi connectivity index (χ2n) is 5.52. The molecule has 142 valence electrons. The monoisotopic (exact) mass is 398 g/mol. The fourth-order valence-electron chi connectivity index (χ4n) is 2.48. The lowest BCUT2D eigenvalue weighted by atomic mass is 10.2. The molecule has 9 heteroatoms. The van der Waals surface area contributed by atoms with Gasteiger partial charge in [-0.05, 0) is 37.3 Å². The SMILES string of the molecule is CCOC(=O)CN(c1ccc(Cl)c(C(F)(F)F)c1)c1nc2ccccc2o1. The van der Waals surface area contributed by atoms with Crippen LogP contribution < -0.4 is 4.90 Å². The predicted molar refractivity (Wildman–Crippen MR) is 94.1 cm³/mol. The maximum absolute atomic E-state index is 13.2. The topological polar surface area (TPSA) is 55.6 Å². The van der Waals surface area contributed by atoms with Gasteiger partial charge in [-0.15, -0.1) is 0 Å². The Kier molecular flexibility index (Phi) is 5.27. The summed E-state index contributed by atoms with van der Waals surface area (Å²) in [4.78, 5) is 17.4. The number of esters is 1. The molecule has 0 bridgehead atoms. The Labute approximate surface area is 157 Å². The first-order valence-electron chi connectivity index (χ1n) is 7.95.